The third-order valence-electron chi connectivity index (χ3n) is 4.11. The molecule has 1 aromatic rings. The Balaban J connectivity index is 2.18. The minimum absolute atomic E-state index is 0.206. The number of aliphatic carboxylic acids is 1. The minimum atomic E-state index is -0.918. The summed E-state index contributed by atoms with van der Waals surface area (Å²) in [6, 6.07) is -0.704. The van der Waals surface area contributed by atoms with E-state index in [1.807, 2.05) is 11.6 Å². The average molecular weight is 293 g/mol. The standard InChI is InChI=1S/C15H23N3O3/c1-3-4-9-18-11(2)12(10-16-18)14(19)17-8-6-5-7-13(17)15(20)21/h10,13H,3-9H2,1-2H3,(H,20,21). The van der Waals surface area contributed by atoms with Gasteiger partial charge in [0.1, 0.15) is 6.04 Å². The highest BCUT2D eigenvalue weighted by Gasteiger charge is 2.33. The molecule has 6 nitrogen and oxygen atoms in total. The van der Waals surface area contributed by atoms with Gasteiger partial charge in [0.05, 0.1) is 11.8 Å². The van der Waals surface area contributed by atoms with Gasteiger partial charge in [0.15, 0.2) is 0 Å². The second kappa shape index (κ2) is 6.74. The number of piperidine rings is 1. The monoisotopic (exact) mass is 293 g/mol. The molecule has 1 N–H and O–H groups in total. The van der Waals surface area contributed by atoms with Gasteiger partial charge in [-0.25, -0.2) is 4.79 Å². The van der Waals surface area contributed by atoms with Crippen LogP contribution in [0.4, 0.5) is 0 Å². The van der Waals surface area contributed by atoms with Gasteiger partial charge in [-0.3, -0.25) is 9.48 Å². The summed E-state index contributed by atoms with van der Waals surface area (Å²) in [5.41, 5.74) is 1.35. The number of hydrogen-bond donors (Lipinski definition) is 1. The van der Waals surface area contributed by atoms with Crippen LogP contribution in [0.2, 0.25) is 0 Å². The number of likely N-dealkylation sites (tertiary alicyclic amines) is 1. The lowest BCUT2D eigenvalue weighted by Gasteiger charge is -2.32. The minimum Gasteiger partial charge on any atom is -0.480 e. The van der Waals surface area contributed by atoms with Gasteiger partial charge >= 0.3 is 5.97 Å². The predicted molar refractivity (Wildman–Crippen MR) is 78.2 cm³/mol. The van der Waals surface area contributed by atoms with Crippen LogP contribution >= 0.6 is 0 Å². The van der Waals surface area contributed by atoms with Crippen molar-refractivity contribution in [1.29, 1.82) is 0 Å². The number of amides is 1. The molecule has 21 heavy (non-hydrogen) atoms. The zero-order valence-corrected chi connectivity index (χ0v) is 12.7. The van der Waals surface area contributed by atoms with Gasteiger partial charge in [0.25, 0.3) is 5.91 Å². The van der Waals surface area contributed by atoms with Crippen molar-refractivity contribution in [2.24, 2.45) is 0 Å². The number of carboxylic acids is 1. The van der Waals surface area contributed by atoms with Crippen molar-refractivity contribution in [3.8, 4) is 0 Å². The predicted octanol–water partition coefficient (Wildman–Crippen LogP) is 2.07. The Hall–Kier alpha value is -1.85. The summed E-state index contributed by atoms with van der Waals surface area (Å²) in [6.45, 7) is 5.28. The van der Waals surface area contributed by atoms with E-state index < -0.39 is 12.0 Å². The van der Waals surface area contributed by atoms with E-state index in [0.717, 1.165) is 37.9 Å². The fourth-order valence-corrected chi connectivity index (χ4v) is 2.78. The number of aryl methyl sites for hydroxylation is 1. The molecule has 1 aromatic heterocycles. The maximum atomic E-state index is 12.6. The SMILES string of the molecule is CCCCn1ncc(C(=O)N2CCCCC2C(=O)O)c1C. The first kappa shape index (κ1) is 15.5. The molecule has 0 aromatic carbocycles. The lowest BCUT2D eigenvalue weighted by molar-refractivity contribution is -0.143. The van der Waals surface area contributed by atoms with E-state index >= 15 is 0 Å². The first-order valence-corrected chi connectivity index (χ1v) is 7.62. The normalized spacial score (nSPS) is 18.8. The second-order valence-corrected chi connectivity index (χ2v) is 5.57. The number of nitrogens with zero attached hydrogens (tertiary/aromatic N) is 3. The van der Waals surface area contributed by atoms with Crippen molar-refractivity contribution in [3.63, 3.8) is 0 Å². The lowest BCUT2D eigenvalue weighted by Crippen LogP contribution is -2.48. The Labute approximate surface area is 124 Å². The van der Waals surface area contributed by atoms with Gasteiger partial charge in [0.2, 0.25) is 0 Å². The molecule has 2 heterocycles. The zero-order chi connectivity index (χ0) is 15.4. The van der Waals surface area contributed by atoms with Crippen LogP contribution in [-0.2, 0) is 11.3 Å². The van der Waals surface area contributed by atoms with E-state index in [1.165, 1.54) is 4.90 Å². The topological polar surface area (TPSA) is 75.4 Å². The largest absolute Gasteiger partial charge is 0.480 e. The summed E-state index contributed by atoms with van der Waals surface area (Å²) in [4.78, 5) is 25.4. The third-order valence-corrected chi connectivity index (χ3v) is 4.11. The molecule has 1 unspecified atom stereocenters. The number of unbranched alkanes of at least 4 members (excludes halogenated alkanes) is 1. The van der Waals surface area contributed by atoms with Crippen LogP contribution in [-0.4, -0.2) is 44.3 Å². The highest BCUT2D eigenvalue weighted by atomic mass is 16.4. The van der Waals surface area contributed by atoms with E-state index in [4.69, 9.17) is 0 Å². The fraction of sp³-hybridized carbons (Fsp3) is 0.667. The quantitative estimate of drug-likeness (QED) is 0.901. The molecule has 0 bridgehead atoms. The number of hydrogen-bond acceptors (Lipinski definition) is 3. The van der Waals surface area contributed by atoms with Gasteiger partial charge < -0.3 is 10.0 Å². The van der Waals surface area contributed by atoms with Gasteiger partial charge in [-0.05, 0) is 32.6 Å². The van der Waals surface area contributed by atoms with E-state index in [9.17, 15) is 14.7 Å². The summed E-state index contributed by atoms with van der Waals surface area (Å²) in [6.07, 6.45) is 5.90. The molecule has 6 heteroatoms. The van der Waals surface area contributed by atoms with E-state index in [2.05, 4.69) is 12.0 Å². The highest BCUT2D eigenvalue weighted by Crippen LogP contribution is 2.21. The Morgan fingerprint density at radius 1 is 1.43 bits per heavy atom. The summed E-state index contributed by atoms with van der Waals surface area (Å²) in [5, 5.41) is 13.5. The first-order valence-electron chi connectivity index (χ1n) is 7.62. The summed E-state index contributed by atoms with van der Waals surface area (Å²) in [5.74, 6) is -1.12. The van der Waals surface area contributed by atoms with Crippen LogP contribution in [0.3, 0.4) is 0 Å². The molecular weight excluding hydrogens is 270 g/mol. The Bertz CT molecular complexity index is 524. The van der Waals surface area contributed by atoms with Gasteiger partial charge in [0, 0.05) is 18.8 Å². The smallest absolute Gasteiger partial charge is 0.326 e. The van der Waals surface area contributed by atoms with Crippen LogP contribution in [0, 0.1) is 6.92 Å². The number of carboxylic acid groups (broad SMARTS) is 1. The van der Waals surface area contributed by atoms with Crippen molar-refractivity contribution in [2.45, 2.75) is 58.5 Å². The van der Waals surface area contributed by atoms with Crippen LogP contribution in [0.5, 0.6) is 0 Å². The van der Waals surface area contributed by atoms with Crippen LogP contribution in [0.15, 0.2) is 6.20 Å². The molecule has 0 aliphatic carbocycles. The number of carbonyl (C=O) groups excluding carboxylic acids is 1. The molecular formula is C15H23N3O3. The molecule has 1 atom stereocenters. The number of carbonyl (C=O) groups is 2. The molecule has 0 spiro atoms. The maximum absolute atomic E-state index is 12.6. The molecule has 1 saturated heterocycles. The van der Waals surface area contributed by atoms with Crippen molar-refractivity contribution < 1.29 is 14.7 Å². The Kier molecular flexibility index (Phi) is 4.98. The molecule has 2 rings (SSSR count). The Morgan fingerprint density at radius 3 is 2.86 bits per heavy atom. The van der Waals surface area contributed by atoms with Gasteiger partial charge in [-0.1, -0.05) is 13.3 Å². The van der Waals surface area contributed by atoms with Crippen LogP contribution in [0.25, 0.3) is 0 Å². The van der Waals surface area contributed by atoms with Crippen molar-refractivity contribution in [2.75, 3.05) is 6.54 Å². The highest BCUT2D eigenvalue weighted by molar-refractivity contribution is 5.97. The van der Waals surface area contributed by atoms with Gasteiger partial charge in [-0.15, -0.1) is 0 Å². The van der Waals surface area contributed by atoms with E-state index in [1.54, 1.807) is 6.20 Å². The first-order chi connectivity index (χ1) is 10.1. The van der Waals surface area contributed by atoms with Gasteiger partial charge in [-0.2, -0.15) is 5.10 Å². The molecule has 116 valence electrons. The van der Waals surface area contributed by atoms with Crippen molar-refractivity contribution in [3.05, 3.63) is 17.5 Å². The summed E-state index contributed by atoms with van der Waals surface area (Å²) >= 11 is 0. The Morgan fingerprint density at radius 2 is 2.19 bits per heavy atom. The van der Waals surface area contributed by atoms with E-state index in [-0.39, 0.29) is 5.91 Å². The second-order valence-electron chi connectivity index (χ2n) is 5.57. The van der Waals surface area contributed by atoms with Crippen molar-refractivity contribution in [1.82, 2.24) is 14.7 Å². The molecule has 0 saturated carbocycles. The van der Waals surface area contributed by atoms with Crippen LogP contribution < -0.4 is 0 Å². The summed E-state index contributed by atoms with van der Waals surface area (Å²) < 4.78 is 1.83. The molecule has 1 amide bonds. The molecule has 1 fully saturated rings. The third kappa shape index (κ3) is 3.25. The summed E-state index contributed by atoms with van der Waals surface area (Å²) in [7, 11) is 0. The van der Waals surface area contributed by atoms with Crippen LogP contribution in [0.1, 0.15) is 55.1 Å². The van der Waals surface area contributed by atoms with E-state index in [0.29, 0.717) is 18.5 Å². The number of rotatable bonds is 5. The van der Waals surface area contributed by atoms with Crippen molar-refractivity contribution >= 4 is 11.9 Å². The number of aromatic nitrogens is 2. The lowest BCUT2D eigenvalue weighted by atomic mass is 10.0. The fourth-order valence-electron chi connectivity index (χ4n) is 2.78. The molecule has 1 aliphatic heterocycles. The molecule has 1 aliphatic rings. The average Bonchev–Trinajstić information content (AvgIpc) is 2.85. The zero-order valence-electron chi connectivity index (χ0n) is 12.7. The maximum Gasteiger partial charge on any atom is 0.326 e. The molecule has 0 radical (unpaired) electrons.